The van der Waals surface area contributed by atoms with Crippen molar-refractivity contribution in [2.45, 2.75) is 0 Å². The predicted molar refractivity (Wildman–Crippen MR) is 227 cm³/mol. The Morgan fingerprint density at radius 1 is 0.352 bits per heavy atom. The molecular formula is C45H24B5N3O. The van der Waals surface area contributed by atoms with Crippen LogP contribution in [0.15, 0.2) is 150 Å². The number of para-hydroxylation sites is 1. The first kappa shape index (κ1) is 33.5. The summed E-state index contributed by atoms with van der Waals surface area (Å²) in [5.74, 6) is 1.82. The molecule has 0 fully saturated rings. The number of nitrogens with zero attached hydrogens (tertiary/aromatic N) is 3. The molecular weight excluding hydrogens is 653 g/mol. The summed E-state index contributed by atoms with van der Waals surface area (Å²) in [5.41, 5.74) is 11.1. The standard InChI is InChI=1S/C45H24B5N3O/c46-37-36(38(47)40(49)41(50)39(37)48)28-20-16-26(17-21-28)25-14-18-27(19-15-25)32-12-7-13-33-34-24-31(22-23-35(34)54-42(32)33)45-52-43(29-8-3-1-4-9-29)51-44(53-45)30-10-5-2-6-11-30/h1-24H. The minimum atomic E-state index is 0.198. The van der Waals surface area contributed by atoms with Crippen molar-refractivity contribution < 1.29 is 4.42 Å². The quantitative estimate of drug-likeness (QED) is 0.211. The van der Waals surface area contributed by atoms with Crippen molar-refractivity contribution >= 4 is 88.5 Å². The number of aromatic nitrogens is 3. The SMILES string of the molecule is [B]c1c([B])c([B])c(-c2ccc(-c3ccc(-c4cccc5c4oc4ccc(-c6nc(-c7ccccc7)nc(-c7ccccc7)n6)cc45)cc3)cc2)c([B])c1[B]. The molecule has 0 saturated carbocycles. The Bertz CT molecular complexity index is 2770. The Morgan fingerprint density at radius 3 is 1.37 bits per heavy atom. The smallest absolute Gasteiger partial charge is 0.164 e. The first-order valence-corrected chi connectivity index (χ1v) is 17.4. The summed E-state index contributed by atoms with van der Waals surface area (Å²) in [6.07, 6.45) is 0. The lowest BCUT2D eigenvalue weighted by atomic mass is 9.59. The maximum absolute atomic E-state index is 6.53. The predicted octanol–water partition coefficient (Wildman–Crippen LogP) is 5.74. The summed E-state index contributed by atoms with van der Waals surface area (Å²) in [7, 11) is 30.8. The van der Waals surface area contributed by atoms with Gasteiger partial charge in [0.15, 0.2) is 17.5 Å². The molecule has 0 aliphatic heterocycles. The maximum atomic E-state index is 6.53. The fourth-order valence-electron chi connectivity index (χ4n) is 6.93. The first-order valence-electron chi connectivity index (χ1n) is 17.4. The van der Waals surface area contributed by atoms with Crippen LogP contribution in [0.1, 0.15) is 0 Å². The fourth-order valence-corrected chi connectivity index (χ4v) is 6.93. The van der Waals surface area contributed by atoms with Crippen LogP contribution < -0.4 is 27.3 Å². The molecule has 9 rings (SSSR count). The zero-order chi connectivity index (χ0) is 36.9. The van der Waals surface area contributed by atoms with Crippen molar-refractivity contribution in [1.82, 2.24) is 15.0 Å². The van der Waals surface area contributed by atoms with Crippen LogP contribution >= 0.6 is 0 Å². The average Bonchev–Trinajstić information content (AvgIpc) is 3.61. The highest BCUT2D eigenvalue weighted by Gasteiger charge is 2.17. The second-order valence-electron chi connectivity index (χ2n) is 13.1. The highest BCUT2D eigenvalue weighted by molar-refractivity contribution is 6.68. The molecule has 2 aromatic heterocycles. The van der Waals surface area contributed by atoms with Crippen molar-refractivity contribution in [3.63, 3.8) is 0 Å². The Hall–Kier alpha value is -6.33. The van der Waals surface area contributed by atoms with E-state index in [1.54, 1.807) is 0 Å². The molecule has 0 atom stereocenters. The minimum Gasteiger partial charge on any atom is -0.455 e. The number of fused-ring (bicyclic) bond motifs is 3. The lowest BCUT2D eigenvalue weighted by molar-refractivity contribution is 0.670. The molecule has 2 heterocycles. The van der Waals surface area contributed by atoms with Crippen LogP contribution in [0, 0.1) is 0 Å². The van der Waals surface area contributed by atoms with Gasteiger partial charge in [-0.3, -0.25) is 0 Å². The van der Waals surface area contributed by atoms with Crippen molar-refractivity contribution in [2.24, 2.45) is 0 Å². The largest absolute Gasteiger partial charge is 0.455 e. The monoisotopic (exact) mass is 677 g/mol. The molecule has 240 valence electrons. The lowest BCUT2D eigenvalue weighted by Crippen LogP contribution is -2.55. The van der Waals surface area contributed by atoms with E-state index in [-0.39, 0.29) is 16.4 Å². The van der Waals surface area contributed by atoms with Crippen LogP contribution in [-0.4, -0.2) is 54.2 Å². The van der Waals surface area contributed by atoms with E-state index in [0.717, 1.165) is 66.4 Å². The number of benzene rings is 7. The summed E-state index contributed by atoms with van der Waals surface area (Å²) in [5, 5.41) is 1.99. The van der Waals surface area contributed by atoms with Gasteiger partial charge >= 0.3 is 0 Å². The molecule has 0 bridgehead atoms. The third kappa shape index (κ3) is 5.86. The van der Waals surface area contributed by atoms with Gasteiger partial charge in [0.05, 0.1) is 0 Å². The number of furan rings is 1. The molecule has 0 N–H and O–H groups in total. The zero-order valence-corrected chi connectivity index (χ0v) is 29.0. The summed E-state index contributed by atoms with van der Waals surface area (Å²) in [6, 6.07) is 48.6. The van der Waals surface area contributed by atoms with E-state index in [1.165, 1.54) is 0 Å². The van der Waals surface area contributed by atoms with Gasteiger partial charge in [-0.25, -0.2) is 15.0 Å². The first-order chi connectivity index (χ1) is 26.3. The van der Waals surface area contributed by atoms with Crippen LogP contribution in [0.25, 0.3) is 89.5 Å². The summed E-state index contributed by atoms with van der Waals surface area (Å²) < 4.78 is 6.53. The molecule has 0 amide bonds. The Balaban J connectivity index is 1.06. The third-order valence-electron chi connectivity index (χ3n) is 9.86. The molecule has 9 heteroatoms. The Kier molecular flexibility index (Phi) is 8.43. The van der Waals surface area contributed by atoms with E-state index in [9.17, 15) is 0 Å². The average molecular weight is 677 g/mol. The number of hydrogen-bond donors (Lipinski definition) is 0. The Labute approximate surface area is 319 Å². The fraction of sp³-hybridized carbons (Fsp3) is 0. The maximum Gasteiger partial charge on any atom is 0.164 e. The van der Waals surface area contributed by atoms with Gasteiger partial charge in [0.1, 0.15) is 50.4 Å². The van der Waals surface area contributed by atoms with Crippen molar-refractivity contribution in [3.8, 4) is 67.5 Å². The topological polar surface area (TPSA) is 51.8 Å². The molecule has 0 saturated heterocycles. The normalized spacial score (nSPS) is 11.3. The van der Waals surface area contributed by atoms with E-state index < -0.39 is 0 Å². The van der Waals surface area contributed by atoms with Gasteiger partial charge in [-0.05, 0) is 46.0 Å². The highest BCUT2D eigenvalue weighted by atomic mass is 16.3. The summed E-state index contributed by atoms with van der Waals surface area (Å²) >= 11 is 0. The molecule has 7 aromatic carbocycles. The van der Waals surface area contributed by atoms with E-state index in [1.807, 2.05) is 97.1 Å². The molecule has 9 aromatic rings. The number of hydrogen-bond acceptors (Lipinski definition) is 4. The van der Waals surface area contributed by atoms with Crippen molar-refractivity contribution in [2.75, 3.05) is 0 Å². The van der Waals surface area contributed by atoms with E-state index in [0.29, 0.717) is 34.0 Å². The molecule has 54 heavy (non-hydrogen) atoms. The minimum absolute atomic E-state index is 0.198. The Morgan fingerprint density at radius 2 is 0.815 bits per heavy atom. The van der Waals surface area contributed by atoms with Gasteiger partial charge in [-0.1, -0.05) is 138 Å². The van der Waals surface area contributed by atoms with Crippen molar-refractivity contribution in [1.29, 1.82) is 0 Å². The zero-order valence-electron chi connectivity index (χ0n) is 29.0. The number of rotatable bonds is 6. The van der Waals surface area contributed by atoms with Crippen LogP contribution in [0.3, 0.4) is 0 Å². The van der Waals surface area contributed by atoms with Crippen LogP contribution in [0.5, 0.6) is 0 Å². The highest BCUT2D eigenvalue weighted by Crippen LogP contribution is 2.38. The van der Waals surface area contributed by atoms with E-state index >= 15 is 0 Å². The molecule has 0 spiro atoms. The summed E-state index contributed by atoms with van der Waals surface area (Å²) in [4.78, 5) is 14.7. The van der Waals surface area contributed by atoms with Gasteiger partial charge in [-0.15, -0.1) is 16.4 Å². The lowest BCUT2D eigenvalue weighted by Gasteiger charge is -2.21. The van der Waals surface area contributed by atoms with Gasteiger partial charge in [0.2, 0.25) is 0 Å². The van der Waals surface area contributed by atoms with Gasteiger partial charge in [0, 0.05) is 33.0 Å². The van der Waals surface area contributed by atoms with Gasteiger partial charge < -0.3 is 4.42 Å². The van der Waals surface area contributed by atoms with Gasteiger partial charge in [0.25, 0.3) is 0 Å². The van der Waals surface area contributed by atoms with Crippen LogP contribution in [0.4, 0.5) is 0 Å². The summed E-state index contributed by atoms with van der Waals surface area (Å²) in [6.45, 7) is 0. The molecule has 0 aliphatic rings. The third-order valence-corrected chi connectivity index (χ3v) is 9.86. The molecule has 10 radical (unpaired) electrons. The molecule has 0 unspecified atom stereocenters. The van der Waals surface area contributed by atoms with E-state index in [4.69, 9.17) is 58.6 Å². The molecule has 4 nitrogen and oxygen atoms in total. The van der Waals surface area contributed by atoms with Crippen LogP contribution in [-0.2, 0) is 0 Å². The van der Waals surface area contributed by atoms with Crippen LogP contribution in [0.2, 0.25) is 0 Å². The molecule has 0 aliphatic carbocycles. The van der Waals surface area contributed by atoms with E-state index in [2.05, 4.69) is 48.5 Å². The second kappa shape index (κ2) is 13.6. The van der Waals surface area contributed by atoms with Gasteiger partial charge in [-0.2, -0.15) is 0 Å². The second-order valence-corrected chi connectivity index (χ2v) is 13.1. The van der Waals surface area contributed by atoms with Crippen molar-refractivity contribution in [3.05, 3.63) is 146 Å².